The van der Waals surface area contributed by atoms with Crippen molar-refractivity contribution in [1.29, 1.82) is 0 Å². The van der Waals surface area contributed by atoms with Crippen LogP contribution in [0.5, 0.6) is 0 Å². The van der Waals surface area contributed by atoms with Crippen molar-refractivity contribution in [3.8, 4) is 0 Å². The van der Waals surface area contributed by atoms with Gasteiger partial charge in [0, 0.05) is 37.4 Å². The number of alkyl halides is 2. The Morgan fingerprint density at radius 2 is 1.95 bits per heavy atom. The van der Waals surface area contributed by atoms with Gasteiger partial charge < -0.3 is 4.90 Å². The normalized spacial score (nSPS) is 18.8. The van der Waals surface area contributed by atoms with Gasteiger partial charge in [0.05, 0.1) is 5.52 Å². The molecule has 2 heterocycles. The molecule has 1 aliphatic heterocycles. The van der Waals surface area contributed by atoms with E-state index in [1.54, 1.807) is 6.07 Å². The fourth-order valence-electron chi connectivity index (χ4n) is 2.83. The van der Waals surface area contributed by atoms with Gasteiger partial charge in [0.15, 0.2) is 0 Å². The second kappa shape index (κ2) is 5.20. The molecule has 1 fully saturated rings. The van der Waals surface area contributed by atoms with Crippen LogP contribution < -0.4 is 4.90 Å². The summed E-state index contributed by atoms with van der Waals surface area (Å²) in [5.41, 5.74) is 1.49. The number of aromatic nitrogens is 1. The maximum atomic E-state index is 13.5. The lowest BCUT2D eigenvalue weighted by Gasteiger charge is -2.23. The van der Waals surface area contributed by atoms with Gasteiger partial charge >= 0.3 is 0 Å². The van der Waals surface area contributed by atoms with Crippen molar-refractivity contribution >= 4 is 16.7 Å². The topological polar surface area (TPSA) is 16.1 Å². The van der Waals surface area contributed by atoms with Crippen LogP contribution in [0.4, 0.5) is 19.0 Å². The molecular weight excluding hydrogens is 277 g/mol. The number of benzene rings is 1. The summed E-state index contributed by atoms with van der Waals surface area (Å²) in [6.45, 7) is 2.75. The second-order valence-electron chi connectivity index (χ2n) is 5.66. The first-order valence-electron chi connectivity index (χ1n) is 7.14. The molecule has 2 aromatic rings. The molecule has 112 valence electrons. The zero-order valence-corrected chi connectivity index (χ0v) is 11.9. The molecule has 1 aliphatic rings. The number of anilines is 1. The van der Waals surface area contributed by atoms with Crippen molar-refractivity contribution in [3.63, 3.8) is 0 Å². The predicted octanol–water partition coefficient (Wildman–Crippen LogP) is 4.31. The summed E-state index contributed by atoms with van der Waals surface area (Å²) < 4.78 is 40.3. The number of hydrogen-bond acceptors (Lipinski definition) is 2. The summed E-state index contributed by atoms with van der Waals surface area (Å²) in [7, 11) is 0. The van der Waals surface area contributed by atoms with Gasteiger partial charge in [-0.15, -0.1) is 0 Å². The van der Waals surface area contributed by atoms with Gasteiger partial charge in [-0.05, 0) is 37.1 Å². The molecule has 0 unspecified atom stereocenters. The summed E-state index contributed by atoms with van der Waals surface area (Å²) in [4.78, 5) is 6.38. The van der Waals surface area contributed by atoms with E-state index in [-0.39, 0.29) is 25.2 Å². The van der Waals surface area contributed by atoms with E-state index in [9.17, 15) is 13.2 Å². The Bertz CT molecular complexity index is 670. The lowest BCUT2D eigenvalue weighted by Crippen LogP contribution is -2.27. The molecule has 2 nitrogen and oxygen atoms in total. The molecule has 0 radical (unpaired) electrons. The molecule has 3 rings (SSSR count). The largest absolute Gasteiger partial charge is 0.356 e. The Hall–Kier alpha value is -1.78. The average Bonchev–Trinajstić information content (AvgIpc) is 2.59. The van der Waals surface area contributed by atoms with Crippen molar-refractivity contribution in [2.75, 3.05) is 18.0 Å². The van der Waals surface area contributed by atoms with Crippen LogP contribution in [-0.4, -0.2) is 24.0 Å². The van der Waals surface area contributed by atoms with Crippen LogP contribution in [0, 0.1) is 12.7 Å². The number of nitrogens with zero attached hydrogens (tertiary/aromatic N) is 2. The highest BCUT2D eigenvalue weighted by atomic mass is 19.3. The summed E-state index contributed by atoms with van der Waals surface area (Å²) >= 11 is 0. The van der Waals surface area contributed by atoms with Crippen molar-refractivity contribution < 1.29 is 13.2 Å². The minimum atomic E-state index is -2.59. The zero-order chi connectivity index (χ0) is 15.0. The third-order valence-electron chi connectivity index (χ3n) is 3.96. The average molecular weight is 294 g/mol. The van der Waals surface area contributed by atoms with E-state index in [1.807, 2.05) is 17.9 Å². The fourth-order valence-corrected chi connectivity index (χ4v) is 2.83. The second-order valence-corrected chi connectivity index (χ2v) is 5.66. The quantitative estimate of drug-likeness (QED) is 0.779. The van der Waals surface area contributed by atoms with Gasteiger partial charge in [-0.3, -0.25) is 0 Å². The van der Waals surface area contributed by atoms with E-state index in [2.05, 4.69) is 4.98 Å². The van der Waals surface area contributed by atoms with E-state index >= 15 is 0 Å². The first-order valence-corrected chi connectivity index (χ1v) is 7.14. The standard InChI is InChI=1S/C16H17F3N2/c1-11-9-12-3-4-13(17)10-14(12)20-15(11)21-7-2-5-16(18,19)6-8-21/h3-4,9-10H,2,5-8H2,1H3. The molecule has 0 saturated carbocycles. The van der Waals surface area contributed by atoms with Crippen molar-refractivity contribution in [1.82, 2.24) is 4.98 Å². The Kier molecular flexibility index (Phi) is 3.51. The molecule has 0 amide bonds. The molecule has 1 aromatic heterocycles. The molecule has 0 spiro atoms. The van der Waals surface area contributed by atoms with Crippen LogP contribution in [0.15, 0.2) is 24.3 Å². The van der Waals surface area contributed by atoms with Crippen LogP contribution in [0.3, 0.4) is 0 Å². The highest BCUT2D eigenvalue weighted by molar-refractivity contribution is 5.81. The van der Waals surface area contributed by atoms with E-state index in [0.29, 0.717) is 24.3 Å². The van der Waals surface area contributed by atoms with Gasteiger partial charge in [0.1, 0.15) is 11.6 Å². The van der Waals surface area contributed by atoms with E-state index in [4.69, 9.17) is 0 Å². The van der Waals surface area contributed by atoms with Gasteiger partial charge in [-0.25, -0.2) is 18.2 Å². The lowest BCUT2D eigenvalue weighted by molar-refractivity contribution is -0.0102. The van der Waals surface area contributed by atoms with Crippen LogP contribution in [0.1, 0.15) is 24.8 Å². The highest BCUT2D eigenvalue weighted by Gasteiger charge is 2.32. The molecule has 21 heavy (non-hydrogen) atoms. The zero-order valence-electron chi connectivity index (χ0n) is 11.9. The molecule has 1 aromatic carbocycles. The smallest absolute Gasteiger partial charge is 0.249 e. The summed E-state index contributed by atoms with van der Waals surface area (Å²) in [5.74, 6) is -2.25. The molecule has 0 N–H and O–H groups in total. The highest BCUT2D eigenvalue weighted by Crippen LogP contribution is 2.31. The number of halogens is 3. The van der Waals surface area contributed by atoms with E-state index in [0.717, 1.165) is 10.9 Å². The summed E-state index contributed by atoms with van der Waals surface area (Å²) in [5, 5.41) is 0.859. The van der Waals surface area contributed by atoms with Gasteiger partial charge in [0.25, 0.3) is 0 Å². The summed E-state index contributed by atoms with van der Waals surface area (Å²) in [6, 6.07) is 6.39. The molecule has 0 bridgehead atoms. The van der Waals surface area contributed by atoms with Gasteiger partial charge in [0.2, 0.25) is 5.92 Å². The Morgan fingerprint density at radius 1 is 1.14 bits per heavy atom. The predicted molar refractivity (Wildman–Crippen MR) is 77.4 cm³/mol. The number of fused-ring (bicyclic) bond motifs is 1. The Balaban J connectivity index is 1.97. The van der Waals surface area contributed by atoms with Crippen molar-refractivity contribution in [3.05, 3.63) is 35.6 Å². The maximum absolute atomic E-state index is 13.5. The number of rotatable bonds is 1. The lowest BCUT2D eigenvalue weighted by atomic mass is 10.1. The molecule has 0 atom stereocenters. The Morgan fingerprint density at radius 3 is 2.76 bits per heavy atom. The minimum Gasteiger partial charge on any atom is -0.356 e. The van der Waals surface area contributed by atoms with Crippen molar-refractivity contribution in [2.45, 2.75) is 32.1 Å². The van der Waals surface area contributed by atoms with Crippen LogP contribution >= 0.6 is 0 Å². The third-order valence-corrected chi connectivity index (χ3v) is 3.96. The maximum Gasteiger partial charge on any atom is 0.249 e. The number of pyridine rings is 1. The molecule has 5 heteroatoms. The fraction of sp³-hybridized carbons (Fsp3) is 0.438. The van der Waals surface area contributed by atoms with Gasteiger partial charge in [-0.2, -0.15) is 0 Å². The van der Waals surface area contributed by atoms with Crippen molar-refractivity contribution in [2.24, 2.45) is 0 Å². The van der Waals surface area contributed by atoms with E-state index in [1.165, 1.54) is 12.1 Å². The number of hydrogen-bond donors (Lipinski definition) is 0. The number of aryl methyl sites for hydroxylation is 1. The van der Waals surface area contributed by atoms with Crippen LogP contribution in [0.25, 0.3) is 10.9 Å². The molecule has 0 aliphatic carbocycles. The molecular formula is C16H17F3N2. The van der Waals surface area contributed by atoms with Crippen LogP contribution in [-0.2, 0) is 0 Å². The SMILES string of the molecule is Cc1cc2ccc(F)cc2nc1N1CCCC(F)(F)CC1. The first kappa shape index (κ1) is 14.2. The Labute approximate surface area is 121 Å². The monoisotopic (exact) mass is 294 g/mol. The van der Waals surface area contributed by atoms with E-state index < -0.39 is 5.92 Å². The van der Waals surface area contributed by atoms with Crippen LogP contribution in [0.2, 0.25) is 0 Å². The third kappa shape index (κ3) is 2.96. The van der Waals surface area contributed by atoms with Gasteiger partial charge in [-0.1, -0.05) is 0 Å². The minimum absolute atomic E-state index is 0.0786. The summed E-state index contributed by atoms with van der Waals surface area (Å²) in [6.07, 6.45) is 0.204. The first-order chi connectivity index (χ1) is 9.94. The molecule has 1 saturated heterocycles.